The van der Waals surface area contributed by atoms with E-state index in [-0.39, 0.29) is 29.9 Å². The zero-order chi connectivity index (χ0) is 28.8. The molecule has 2 aliphatic rings. The lowest BCUT2D eigenvalue weighted by Gasteiger charge is -2.36. The van der Waals surface area contributed by atoms with Gasteiger partial charge in [0.2, 0.25) is 5.91 Å². The molecule has 9 nitrogen and oxygen atoms in total. The molecule has 210 valence electrons. The molecule has 0 radical (unpaired) electrons. The summed E-state index contributed by atoms with van der Waals surface area (Å²) < 4.78 is 6.21. The first-order chi connectivity index (χ1) is 19.9. The molecule has 2 fully saturated rings. The number of carbonyl (C=O) groups excluding carboxylic acids is 4. The quantitative estimate of drug-likeness (QED) is 0.354. The molecule has 0 aliphatic carbocycles. The maximum atomic E-state index is 13.0. The molecule has 1 N–H and O–H groups in total. The summed E-state index contributed by atoms with van der Waals surface area (Å²) in [4.78, 5) is 55.9. The summed E-state index contributed by atoms with van der Waals surface area (Å²) in [6, 6.07) is 24.2. The highest BCUT2D eigenvalue weighted by Gasteiger charge is 2.37. The molecule has 4 amide bonds. The first-order valence-corrected chi connectivity index (χ1v) is 14.6. The Balaban J connectivity index is 1.14. The third kappa shape index (κ3) is 7.17. The van der Waals surface area contributed by atoms with Gasteiger partial charge in [-0.15, -0.1) is 0 Å². The number of nitrogens with one attached hydrogen (secondary N) is 1. The van der Waals surface area contributed by atoms with Gasteiger partial charge in [0, 0.05) is 37.6 Å². The number of amides is 4. The van der Waals surface area contributed by atoms with Gasteiger partial charge in [-0.05, 0) is 75.7 Å². The fourth-order valence-electron chi connectivity index (χ4n) is 4.46. The number of hydrogen-bond acceptors (Lipinski definition) is 7. The van der Waals surface area contributed by atoms with Crippen LogP contribution in [0.15, 0.2) is 88.2 Å². The molecule has 0 saturated carbocycles. The van der Waals surface area contributed by atoms with Gasteiger partial charge in [-0.3, -0.25) is 24.1 Å². The highest BCUT2D eigenvalue weighted by Crippen LogP contribution is 2.34. The van der Waals surface area contributed by atoms with Crippen LogP contribution in [0.3, 0.4) is 0 Å². The number of carbonyl (C=O) groups is 4. The van der Waals surface area contributed by atoms with Gasteiger partial charge in [0.25, 0.3) is 17.1 Å². The van der Waals surface area contributed by atoms with Gasteiger partial charge < -0.3 is 19.9 Å². The molecular weight excluding hydrogens is 608 g/mol. The third-order valence-electron chi connectivity index (χ3n) is 6.59. The molecule has 5 rings (SSSR count). The fraction of sp³-hybridized carbons (Fsp3) is 0.200. The lowest BCUT2D eigenvalue weighted by molar-refractivity contribution is -0.136. The monoisotopic (exact) mass is 634 g/mol. The molecule has 3 aromatic carbocycles. The summed E-state index contributed by atoms with van der Waals surface area (Å²) in [6.45, 7) is 1.95. The molecule has 11 heteroatoms. The second-order valence-electron chi connectivity index (χ2n) is 9.36. The van der Waals surface area contributed by atoms with Crippen LogP contribution in [0.5, 0.6) is 5.75 Å². The minimum Gasteiger partial charge on any atom is -0.483 e. The van der Waals surface area contributed by atoms with Crippen molar-refractivity contribution in [2.24, 2.45) is 0 Å². The number of ether oxygens (including phenoxy) is 1. The number of piperazine rings is 1. The van der Waals surface area contributed by atoms with Crippen LogP contribution in [-0.2, 0) is 14.4 Å². The molecule has 2 saturated heterocycles. The predicted octanol–water partition coefficient (Wildman–Crippen LogP) is 4.85. The van der Waals surface area contributed by atoms with Crippen LogP contribution < -0.4 is 15.0 Å². The molecule has 3 aromatic rings. The molecule has 0 aromatic heterocycles. The van der Waals surface area contributed by atoms with Crippen molar-refractivity contribution >= 4 is 68.1 Å². The summed E-state index contributed by atoms with van der Waals surface area (Å²) in [5, 5.41) is 2.28. The summed E-state index contributed by atoms with van der Waals surface area (Å²) in [6.07, 6.45) is 1.60. The number of imide groups is 1. The second kappa shape index (κ2) is 13.0. The fourth-order valence-corrected chi connectivity index (χ4v) is 5.81. The molecule has 2 heterocycles. The van der Waals surface area contributed by atoms with Gasteiger partial charge >= 0.3 is 0 Å². The Hall–Kier alpha value is -4.09. The minimum absolute atomic E-state index is 0.180. The van der Waals surface area contributed by atoms with Crippen molar-refractivity contribution < 1.29 is 23.9 Å². The molecular formula is C30H27BrN4O5S. The van der Waals surface area contributed by atoms with Crippen LogP contribution in [0.4, 0.5) is 16.2 Å². The SMILES string of the molecule is O=C(COc1ccc(/C=C2/SC(=O)N(CC(=O)N3CCN(c4ccccc4)CC3)C2=O)cc1Br)Nc1ccccc1. The molecule has 0 atom stereocenters. The van der Waals surface area contributed by atoms with Crippen molar-refractivity contribution in [2.45, 2.75) is 0 Å². The lowest BCUT2D eigenvalue weighted by Crippen LogP contribution is -2.51. The molecule has 41 heavy (non-hydrogen) atoms. The van der Waals surface area contributed by atoms with Crippen molar-refractivity contribution in [2.75, 3.05) is 49.5 Å². The first-order valence-electron chi connectivity index (χ1n) is 13.0. The van der Waals surface area contributed by atoms with Crippen molar-refractivity contribution in [1.29, 1.82) is 0 Å². The summed E-state index contributed by atoms with van der Waals surface area (Å²) in [5.74, 6) is -0.586. The Morgan fingerprint density at radius 1 is 0.927 bits per heavy atom. The maximum Gasteiger partial charge on any atom is 0.294 e. The van der Waals surface area contributed by atoms with Crippen molar-refractivity contribution in [3.63, 3.8) is 0 Å². The van der Waals surface area contributed by atoms with E-state index in [0.717, 1.165) is 22.3 Å². The van der Waals surface area contributed by atoms with Gasteiger partial charge in [-0.25, -0.2) is 0 Å². The van der Waals surface area contributed by atoms with Crippen LogP contribution in [0.25, 0.3) is 6.08 Å². The van der Waals surface area contributed by atoms with E-state index in [0.29, 0.717) is 47.7 Å². The number of anilines is 2. The minimum atomic E-state index is -0.495. The summed E-state index contributed by atoms with van der Waals surface area (Å²) in [5.41, 5.74) is 2.44. The average Bonchev–Trinajstić information content (AvgIpc) is 3.25. The van der Waals surface area contributed by atoms with E-state index in [1.54, 1.807) is 41.3 Å². The highest BCUT2D eigenvalue weighted by molar-refractivity contribution is 9.10. The average molecular weight is 636 g/mol. The van der Waals surface area contributed by atoms with Crippen LogP contribution in [0.2, 0.25) is 0 Å². The topological polar surface area (TPSA) is 99.3 Å². The molecule has 2 aliphatic heterocycles. The van der Waals surface area contributed by atoms with Crippen molar-refractivity contribution in [3.05, 3.63) is 93.8 Å². The van der Waals surface area contributed by atoms with Crippen LogP contribution in [0, 0.1) is 0 Å². The van der Waals surface area contributed by atoms with Gasteiger partial charge in [-0.2, -0.15) is 0 Å². The van der Waals surface area contributed by atoms with E-state index in [1.165, 1.54) is 0 Å². The van der Waals surface area contributed by atoms with Gasteiger partial charge in [-0.1, -0.05) is 42.5 Å². The Kier molecular flexibility index (Phi) is 9.05. The highest BCUT2D eigenvalue weighted by atomic mass is 79.9. The number of hydrogen-bond donors (Lipinski definition) is 1. The summed E-state index contributed by atoms with van der Waals surface area (Å²) >= 11 is 4.25. The Labute approximate surface area is 250 Å². The molecule has 0 unspecified atom stereocenters. The maximum absolute atomic E-state index is 13.0. The second-order valence-corrected chi connectivity index (χ2v) is 11.2. The van der Waals surface area contributed by atoms with Crippen molar-refractivity contribution in [1.82, 2.24) is 9.80 Å². The van der Waals surface area contributed by atoms with Crippen LogP contribution in [0.1, 0.15) is 5.56 Å². The van der Waals surface area contributed by atoms with Gasteiger partial charge in [0.1, 0.15) is 12.3 Å². The van der Waals surface area contributed by atoms with E-state index < -0.39 is 11.1 Å². The van der Waals surface area contributed by atoms with E-state index in [1.807, 2.05) is 48.5 Å². The standard InChI is InChI=1S/C30H27BrN4O5S/c31-24-17-21(11-12-25(24)40-20-27(36)32-22-7-3-1-4-8-22)18-26-29(38)35(30(39)41-26)19-28(37)34-15-13-33(14-16-34)23-9-5-2-6-10-23/h1-12,17-18H,13-16,19-20H2,(H,32,36)/b26-18+. The smallest absolute Gasteiger partial charge is 0.294 e. The first kappa shape index (κ1) is 28.4. The lowest BCUT2D eigenvalue weighted by atomic mass is 10.2. The van der Waals surface area contributed by atoms with Gasteiger partial charge in [0.05, 0.1) is 9.38 Å². The van der Waals surface area contributed by atoms with E-state index >= 15 is 0 Å². The number of rotatable bonds is 8. The Morgan fingerprint density at radius 3 is 2.29 bits per heavy atom. The van der Waals surface area contributed by atoms with Crippen LogP contribution >= 0.6 is 27.7 Å². The van der Waals surface area contributed by atoms with Crippen molar-refractivity contribution in [3.8, 4) is 5.75 Å². The largest absolute Gasteiger partial charge is 0.483 e. The summed E-state index contributed by atoms with van der Waals surface area (Å²) in [7, 11) is 0. The number of benzene rings is 3. The van der Waals surface area contributed by atoms with E-state index in [9.17, 15) is 19.2 Å². The van der Waals surface area contributed by atoms with E-state index in [4.69, 9.17) is 4.74 Å². The Bertz CT molecular complexity index is 1480. The number of nitrogens with zero attached hydrogens (tertiary/aromatic N) is 3. The number of para-hydroxylation sites is 2. The number of thioether (sulfide) groups is 1. The zero-order valence-electron chi connectivity index (χ0n) is 22.0. The predicted molar refractivity (Wildman–Crippen MR) is 163 cm³/mol. The third-order valence-corrected chi connectivity index (χ3v) is 8.12. The van der Waals surface area contributed by atoms with E-state index in [2.05, 4.69) is 26.1 Å². The molecule has 0 spiro atoms. The zero-order valence-corrected chi connectivity index (χ0v) is 24.4. The van der Waals surface area contributed by atoms with Crippen LogP contribution in [-0.4, -0.2) is 72.1 Å². The van der Waals surface area contributed by atoms with Gasteiger partial charge in [0.15, 0.2) is 6.61 Å². The normalized spacial score (nSPS) is 16.3. The molecule has 0 bridgehead atoms. The number of halogens is 1. The Morgan fingerprint density at radius 2 is 1.61 bits per heavy atom.